The first kappa shape index (κ1) is 23.2. The molecule has 0 bridgehead atoms. The SMILES string of the molecule is Nc1ccn([C@@H]2O[C@H](CNC(=O)OCc3ccccc3)[C@@H](O)[C@H]2OC2CCCCO2)c(=O)n1. The second kappa shape index (κ2) is 10.8. The first-order valence-electron chi connectivity index (χ1n) is 10.9. The van der Waals surface area contributed by atoms with Crippen LogP contribution in [-0.4, -0.2) is 58.5 Å². The highest BCUT2D eigenvalue weighted by Crippen LogP contribution is 2.33. The molecular formula is C22H28N4O7. The van der Waals surface area contributed by atoms with E-state index in [0.717, 1.165) is 18.4 Å². The second-order valence-electron chi connectivity index (χ2n) is 7.94. The fourth-order valence-corrected chi connectivity index (χ4v) is 3.83. The van der Waals surface area contributed by atoms with Crippen molar-refractivity contribution in [3.8, 4) is 0 Å². The largest absolute Gasteiger partial charge is 0.445 e. The van der Waals surface area contributed by atoms with Crippen LogP contribution in [0.5, 0.6) is 0 Å². The van der Waals surface area contributed by atoms with E-state index in [1.165, 1.54) is 16.8 Å². The lowest BCUT2D eigenvalue weighted by molar-refractivity contribution is -0.215. The number of aliphatic hydroxyl groups excluding tert-OH is 1. The number of alkyl carbamates (subject to hydrolysis) is 1. The lowest BCUT2D eigenvalue weighted by Crippen LogP contribution is -2.43. The number of amides is 1. The molecule has 3 heterocycles. The van der Waals surface area contributed by atoms with Gasteiger partial charge in [0.25, 0.3) is 0 Å². The smallest absolute Gasteiger partial charge is 0.407 e. The van der Waals surface area contributed by atoms with Crippen LogP contribution in [0.1, 0.15) is 31.1 Å². The Morgan fingerprint density at radius 2 is 2.09 bits per heavy atom. The zero-order chi connectivity index (χ0) is 23.2. The molecule has 0 saturated carbocycles. The number of aromatic nitrogens is 2. The van der Waals surface area contributed by atoms with Crippen molar-refractivity contribution >= 4 is 11.9 Å². The van der Waals surface area contributed by atoms with Crippen LogP contribution in [0.25, 0.3) is 0 Å². The summed E-state index contributed by atoms with van der Waals surface area (Å²) in [5, 5.41) is 13.5. The molecule has 2 aliphatic heterocycles. The summed E-state index contributed by atoms with van der Waals surface area (Å²) in [4.78, 5) is 28.2. The Bertz CT molecular complexity index is 980. The zero-order valence-corrected chi connectivity index (χ0v) is 18.0. The van der Waals surface area contributed by atoms with Crippen molar-refractivity contribution in [1.82, 2.24) is 14.9 Å². The monoisotopic (exact) mass is 460 g/mol. The maximum Gasteiger partial charge on any atom is 0.407 e. The third-order valence-corrected chi connectivity index (χ3v) is 5.55. The van der Waals surface area contributed by atoms with Crippen LogP contribution >= 0.6 is 0 Å². The average molecular weight is 460 g/mol. The number of anilines is 1. The van der Waals surface area contributed by atoms with Crippen molar-refractivity contribution < 1.29 is 28.8 Å². The first-order chi connectivity index (χ1) is 16.0. The number of rotatable bonds is 7. The molecule has 11 nitrogen and oxygen atoms in total. The van der Waals surface area contributed by atoms with E-state index in [9.17, 15) is 14.7 Å². The van der Waals surface area contributed by atoms with Crippen LogP contribution in [0.2, 0.25) is 0 Å². The van der Waals surface area contributed by atoms with Gasteiger partial charge >= 0.3 is 11.8 Å². The highest BCUT2D eigenvalue weighted by atomic mass is 16.7. The van der Waals surface area contributed by atoms with Crippen LogP contribution in [0.15, 0.2) is 47.4 Å². The quantitative estimate of drug-likeness (QED) is 0.549. The summed E-state index contributed by atoms with van der Waals surface area (Å²) in [6.45, 7) is 0.620. The fraction of sp³-hybridized carbons (Fsp3) is 0.500. The Labute approximate surface area is 190 Å². The molecule has 4 N–H and O–H groups in total. The van der Waals surface area contributed by atoms with Crippen molar-refractivity contribution in [1.29, 1.82) is 0 Å². The van der Waals surface area contributed by atoms with Gasteiger partial charge in [-0.1, -0.05) is 30.3 Å². The minimum atomic E-state index is -1.14. The van der Waals surface area contributed by atoms with Crippen LogP contribution in [0, 0.1) is 0 Å². The van der Waals surface area contributed by atoms with Gasteiger partial charge in [-0.15, -0.1) is 0 Å². The molecule has 33 heavy (non-hydrogen) atoms. The Kier molecular flexibility index (Phi) is 7.55. The van der Waals surface area contributed by atoms with Gasteiger partial charge in [0.1, 0.15) is 30.7 Å². The number of benzene rings is 1. The van der Waals surface area contributed by atoms with E-state index in [1.807, 2.05) is 30.3 Å². The summed E-state index contributed by atoms with van der Waals surface area (Å²) in [5.74, 6) is 0.0715. The third kappa shape index (κ3) is 5.88. The summed E-state index contributed by atoms with van der Waals surface area (Å²) >= 11 is 0. The lowest BCUT2D eigenvalue weighted by Gasteiger charge is -2.29. The predicted molar refractivity (Wildman–Crippen MR) is 116 cm³/mol. The fourth-order valence-electron chi connectivity index (χ4n) is 3.83. The minimum Gasteiger partial charge on any atom is -0.445 e. The molecule has 5 atom stereocenters. The van der Waals surface area contributed by atoms with Gasteiger partial charge in [-0.25, -0.2) is 9.59 Å². The van der Waals surface area contributed by atoms with Gasteiger partial charge in [-0.2, -0.15) is 4.98 Å². The van der Waals surface area contributed by atoms with Crippen molar-refractivity contribution in [3.05, 3.63) is 58.6 Å². The van der Waals surface area contributed by atoms with E-state index in [1.54, 1.807) is 0 Å². The molecule has 2 saturated heterocycles. The molecule has 1 amide bonds. The number of carbonyl (C=O) groups is 1. The van der Waals surface area contributed by atoms with Gasteiger partial charge in [0.05, 0.1) is 0 Å². The van der Waals surface area contributed by atoms with Gasteiger partial charge < -0.3 is 35.1 Å². The molecule has 1 aromatic heterocycles. The van der Waals surface area contributed by atoms with Crippen molar-refractivity contribution in [2.45, 2.75) is 56.7 Å². The van der Waals surface area contributed by atoms with E-state index in [2.05, 4.69) is 10.3 Å². The number of hydrogen-bond acceptors (Lipinski definition) is 9. The number of aliphatic hydroxyl groups is 1. The molecule has 1 unspecified atom stereocenters. The summed E-state index contributed by atoms with van der Waals surface area (Å²) in [5.41, 5.74) is 5.80. The summed E-state index contributed by atoms with van der Waals surface area (Å²) < 4.78 is 24.0. The van der Waals surface area contributed by atoms with Crippen LogP contribution in [-0.2, 0) is 25.6 Å². The van der Waals surface area contributed by atoms with Crippen molar-refractivity contribution in [2.75, 3.05) is 18.9 Å². The molecule has 1 aromatic carbocycles. The van der Waals surface area contributed by atoms with Gasteiger partial charge in [-0.3, -0.25) is 4.57 Å². The maximum absolute atomic E-state index is 12.4. The molecule has 11 heteroatoms. The number of nitrogens with one attached hydrogen (secondary N) is 1. The standard InChI is InChI=1S/C22H28N4O7/c23-16-9-10-26(21(28)25-16)20-19(33-17-8-4-5-11-30-17)18(27)15(32-20)12-24-22(29)31-13-14-6-2-1-3-7-14/h1-3,6-7,9-10,15,17-20,27H,4-5,8,11-13H2,(H,24,29)(H2,23,25,28)/t15-,17?,18-,19-,20-/m1/s1. The Morgan fingerprint density at radius 3 is 2.82 bits per heavy atom. The topological polar surface area (TPSA) is 147 Å². The van der Waals surface area contributed by atoms with E-state index in [-0.39, 0.29) is 19.0 Å². The summed E-state index contributed by atoms with van der Waals surface area (Å²) in [6.07, 6.45) is -1.09. The van der Waals surface area contributed by atoms with E-state index in [4.69, 9.17) is 24.7 Å². The highest BCUT2D eigenvalue weighted by molar-refractivity contribution is 5.67. The van der Waals surface area contributed by atoms with Crippen molar-refractivity contribution in [2.24, 2.45) is 0 Å². The summed E-state index contributed by atoms with van der Waals surface area (Å²) in [6, 6.07) is 10.7. The zero-order valence-electron chi connectivity index (χ0n) is 18.0. The van der Waals surface area contributed by atoms with E-state index in [0.29, 0.717) is 13.0 Å². The second-order valence-corrected chi connectivity index (χ2v) is 7.94. The molecule has 2 aliphatic rings. The summed E-state index contributed by atoms with van der Waals surface area (Å²) in [7, 11) is 0. The number of nitrogens with zero attached hydrogens (tertiary/aromatic N) is 2. The van der Waals surface area contributed by atoms with E-state index >= 15 is 0 Å². The molecule has 178 valence electrons. The van der Waals surface area contributed by atoms with Crippen molar-refractivity contribution in [3.63, 3.8) is 0 Å². The predicted octanol–water partition coefficient (Wildman–Crippen LogP) is 0.922. The third-order valence-electron chi connectivity index (χ3n) is 5.55. The Hall–Kier alpha value is -2.99. The van der Waals surface area contributed by atoms with Gasteiger partial charge in [0.15, 0.2) is 12.5 Å². The number of carbonyl (C=O) groups excluding carboxylic acids is 1. The number of ether oxygens (including phenoxy) is 4. The molecule has 2 aromatic rings. The van der Waals surface area contributed by atoms with Gasteiger partial charge in [-0.05, 0) is 30.9 Å². The maximum atomic E-state index is 12.4. The van der Waals surface area contributed by atoms with Crippen LogP contribution in [0.3, 0.4) is 0 Å². The molecule has 2 fully saturated rings. The van der Waals surface area contributed by atoms with Crippen LogP contribution in [0.4, 0.5) is 10.6 Å². The van der Waals surface area contributed by atoms with E-state index < -0.39 is 42.6 Å². The number of nitrogen functional groups attached to an aromatic ring is 1. The number of hydrogen-bond donors (Lipinski definition) is 3. The first-order valence-corrected chi connectivity index (χ1v) is 10.9. The van der Waals surface area contributed by atoms with Gasteiger partial charge in [0, 0.05) is 19.3 Å². The number of nitrogens with two attached hydrogens (primary N) is 1. The van der Waals surface area contributed by atoms with Gasteiger partial charge in [0.2, 0.25) is 0 Å². The lowest BCUT2D eigenvalue weighted by atomic mass is 10.1. The molecular weight excluding hydrogens is 432 g/mol. The van der Waals surface area contributed by atoms with Crippen LogP contribution < -0.4 is 16.7 Å². The molecule has 0 radical (unpaired) electrons. The highest BCUT2D eigenvalue weighted by Gasteiger charge is 2.47. The Morgan fingerprint density at radius 1 is 1.27 bits per heavy atom. The minimum absolute atomic E-state index is 0.0478. The Balaban J connectivity index is 1.41. The molecule has 0 spiro atoms. The molecule has 0 aliphatic carbocycles. The average Bonchev–Trinajstić information content (AvgIpc) is 3.12. The molecule has 4 rings (SSSR count). The normalized spacial score (nSPS) is 27.2.